The summed E-state index contributed by atoms with van der Waals surface area (Å²) in [5.74, 6) is -1.63. The van der Waals surface area contributed by atoms with E-state index in [1.807, 2.05) is 81.0 Å². The molecule has 0 bridgehead atoms. The summed E-state index contributed by atoms with van der Waals surface area (Å²) in [6.07, 6.45) is 4.18. The Labute approximate surface area is 285 Å². The summed E-state index contributed by atoms with van der Waals surface area (Å²) in [5.41, 5.74) is 0.816. The maximum atomic E-state index is 14.8. The summed E-state index contributed by atoms with van der Waals surface area (Å²) >= 11 is 3.13. The molecule has 0 aliphatic carbocycles. The van der Waals surface area contributed by atoms with Gasteiger partial charge in [0.05, 0.1) is 0 Å². The first-order chi connectivity index (χ1) is 22.5. The summed E-state index contributed by atoms with van der Waals surface area (Å²) < 4.78 is 32.3. The number of benzene rings is 3. The summed E-state index contributed by atoms with van der Waals surface area (Å²) in [6, 6.07) is 21.7. The second-order valence-corrected chi connectivity index (χ2v) is 15.1. The highest BCUT2D eigenvalue weighted by Crippen LogP contribution is 2.54. The number of carbonyl (C=O) groups is 3. The number of hydrogen-bond donors (Lipinski definition) is 2. The first kappa shape index (κ1) is 36.2. The number of nitrogens with zero attached hydrogens (tertiary/aromatic N) is 1. The Hall–Kier alpha value is -3.60. The van der Waals surface area contributed by atoms with Gasteiger partial charge in [0.15, 0.2) is 5.78 Å². The van der Waals surface area contributed by atoms with Gasteiger partial charge in [0, 0.05) is 16.3 Å². The number of amides is 3. The van der Waals surface area contributed by atoms with Crippen LogP contribution in [0.25, 0.3) is 0 Å². The molecule has 3 aromatic rings. The van der Waals surface area contributed by atoms with Crippen LogP contribution < -0.4 is 19.7 Å². The number of likely N-dealkylation sites (tertiary alicyclic amines) is 1. The molecule has 4 rings (SSSR count). The van der Waals surface area contributed by atoms with E-state index in [-0.39, 0.29) is 12.5 Å². The van der Waals surface area contributed by atoms with Crippen molar-refractivity contribution in [3.8, 4) is 11.5 Å². The zero-order valence-electron chi connectivity index (χ0n) is 27.2. The standard InChI is InChI=1S/C34H42N3O7PS2/c1-23(2)32(45(41,43-26-13-17-28(46-4)18-14-26)44-27-15-19-29(47-5)20-16-27)36-31(38)30-12-9-21-37(30)33(39)24(3)35-34(40)42-22-25-10-7-6-8-11-25/h6-8,10-11,13-20,23-24,30,32H,9,12,21-22H2,1-5H3,(H,35,40)(H,36,38). The van der Waals surface area contributed by atoms with Gasteiger partial charge in [0.1, 0.15) is 30.2 Å². The summed E-state index contributed by atoms with van der Waals surface area (Å²) in [7, 11) is -4.11. The predicted octanol–water partition coefficient (Wildman–Crippen LogP) is 7.19. The topological polar surface area (TPSA) is 123 Å². The molecule has 3 atom stereocenters. The van der Waals surface area contributed by atoms with Crippen molar-refractivity contribution in [2.45, 2.75) is 67.9 Å². The van der Waals surface area contributed by atoms with Crippen LogP contribution in [0.5, 0.6) is 11.5 Å². The van der Waals surface area contributed by atoms with E-state index in [1.165, 1.54) is 4.90 Å². The van der Waals surface area contributed by atoms with Crippen molar-refractivity contribution >= 4 is 49.0 Å². The monoisotopic (exact) mass is 699 g/mol. The Morgan fingerprint density at radius 1 is 0.851 bits per heavy atom. The van der Waals surface area contributed by atoms with Gasteiger partial charge in [-0.2, -0.15) is 0 Å². The maximum absolute atomic E-state index is 14.8. The van der Waals surface area contributed by atoms with Crippen LogP contribution in [0.1, 0.15) is 39.2 Å². The lowest BCUT2D eigenvalue weighted by Crippen LogP contribution is -2.54. The first-order valence-corrected chi connectivity index (χ1v) is 19.4. The molecule has 1 fully saturated rings. The van der Waals surface area contributed by atoms with Gasteiger partial charge < -0.3 is 29.3 Å². The fraction of sp³-hybridized carbons (Fsp3) is 0.382. The van der Waals surface area contributed by atoms with E-state index in [9.17, 15) is 18.9 Å². The van der Waals surface area contributed by atoms with Crippen molar-refractivity contribution in [2.75, 3.05) is 19.1 Å². The highest BCUT2D eigenvalue weighted by Gasteiger charge is 2.45. The second-order valence-electron chi connectivity index (χ2n) is 11.4. The molecular formula is C34H42N3O7PS2. The van der Waals surface area contributed by atoms with Gasteiger partial charge in [0.25, 0.3) is 0 Å². The van der Waals surface area contributed by atoms with E-state index in [0.29, 0.717) is 30.9 Å². The third-order valence-electron chi connectivity index (χ3n) is 7.60. The zero-order valence-corrected chi connectivity index (χ0v) is 29.7. The lowest BCUT2D eigenvalue weighted by Gasteiger charge is -2.33. The fourth-order valence-corrected chi connectivity index (χ4v) is 8.03. The van der Waals surface area contributed by atoms with Gasteiger partial charge in [-0.15, -0.1) is 23.5 Å². The molecule has 252 valence electrons. The molecule has 2 N–H and O–H groups in total. The minimum Gasteiger partial charge on any atom is -0.445 e. The van der Waals surface area contributed by atoms with Crippen LogP contribution in [0, 0.1) is 5.92 Å². The zero-order chi connectivity index (χ0) is 34.0. The number of alkyl carbamates (subject to hydrolysis) is 1. The normalized spacial score (nSPS) is 15.9. The van der Waals surface area contributed by atoms with Gasteiger partial charge >= 0.3 is 13.7 Å². The number of rotatable bonds is 14. The number of thioether (sulfide) groups is 2. The molecule has 13 heteroatoms. The molecule has 10 nitrogen and oxygen atoms in total. The van der Waals surface area contributed by atoms with E-state index in [1.54, 1.807) is 54.7 Å². The van der Waals surface area contributed by atoms with E-state index < -0.39 is 43.4 Å². The molecule has 0 aromatic heterocycles. The van der Waals surface area contributed by atoms with Gasteiger partial charge in [0.2, 0.25) is 11.8 Å². The van der Waals surface area contributed by atoms with Crippen LogP contribution in [-0.4, -0.2) is 59.7 Å². The SMILES string of the molecule is CSc1ccc(OP(=O)(Oc2ccc(SC)cc2)C(NC(=O)C2CCCN2C(=O)C(C)NC(=O)OCc2ccccc2)C(C)C)cc1. The predicted molar refractivity (Wildman–Crippen MR) is 186 cm³/mol. The molecule has 0 spiro atoms. The molecular weight excluding hydrogens is 657 g/mol. The van der Waals surface area contributed by atoms with E-state index in [2.05, 4.69) is 10.6 Å². The summed E-state index contributed by atoms with van der Waals surface area (Å²) in [6.45, 7) is 5.59. The largest absolute Gasteiger partial charge is 0.453 e. The Morgan fingerprint density at radius 3 is 1.91 bits per heavy atom. The Bertz CT molecular complexity index is 1490. The number of nitrogens with one attached hydrogen (secondary N) is 2. The van der Waals surface area contributed by atoms with Crippen molar-refractivity contribution < 1.29 is 32.7 Å². The molecule has 0 saturated carbocycles. The molecule has 1 heterocycles. The molecule has 47 heavy (non-hydrogen) atoms. The number of ether oxygens (including phenoxy) is 1. The molecule has 3 amide bonds. The second kappa shape index (κ2) is 17.0. The summed E-state index contributed by atoms with van der Waals surface area (Å²) in [5, 5.41) is 5.49. The van der Waals surface area contributed by atoms with Gasteiger partial charge in [-0.1, -0.05) is 44.2 Å². The number of hydrogen-bond acceptors (Lipinski definition) is 9. The molecule has 1 saturated heterocycles. The smallest absolute Gasteiger partial charge is 0.445 e. The number of carbonyl (C=O) groups excluding carboxylic acids is 3. The Balaban J connectivity index is 1.49. The molecule has 3 aromatic carbocycles. The maximum Gasteiger partial charge on any atom is 0.453 e. The van der Waals surface area contributed by atoms with Crippen molar-refractivity contribution in [3.05, 3.63) is 84.4 Å². The van der Waals surface area contributed by atoms with Crippen molar-refractivity contribution in [1.29, 1.82) is 0 Å². The third-order valence-corrected chi connectivity index (χ3v) is 11.4. The van der Waals surface area contributed by atoms with Crippen LogP contribution in [0.15, 0.2) is 88.7 Å². The minimum atomic E-state index is -4.11. The van der Waals surface area contributed by atoms with E-state index >= 15 is 0 Å². The fourth-order valence-electron chi connectivity index (χ4n) is 5.11. The van der Waals surface area contributed by atoms with Crippen LogP contribution in [0.4, 0.5) is 4.79 Å². The van der Waals surface area contributed by atoms with Crippen molar-refractivity contribution in [3.63, 3.8) is 0 Å². The summed E-state index contributed by atoms with van der Waals surface area (Å²) in [4.78, 5) is 43.2. The van der Waals surface area contributed by atoms with Crippen molar-refractivity contribution in [2.24, 2.45) is 5.92 Å². The Kier molecular flexibility index (Phi) is 13.1. The lowest BCUT2D eigenvalue weighted by atomic mass is 10.1. The van der Waals surface area contributed by atoms with Crippen LogP contribution in [0.3, 0.4) is 0 Å². The van der Waals surface area contributed by atoms with Crippen LogP contribution >= 0.6 is 31.1 Å². The first-order valence-electron chi connectivity index (χ1n) is 15.4. The van der Waals surface area contributed by atoms with E-state index in [0.717, 1.165) is 15.4 Å². The highest BCUT2D eigenvalue weighted by molar-refractivity contribution is 7.98. The van der Waals surface area contributed by atoms with Crippen LogP contribution in [-0.2, 0) is 25.5 Å². The average molecular weight is 700 g/mol. The van der Waals surface area contributed by atoms with Crippen LogP contribution in [0.2, 0.25) is 0 Å². The van der Waals surface area contributed by atoms with Crippen molar-refractivity contribution in [1.82, 2.24) is 15.5 Å². The molecule has 1 aliphatic heterocycles. The highest BCUT2D eigenvalue weighted by atomic mass is 32.2. The minimum absolute atomic E-state index is 0.0620. The average Bonchev–Trinajstić information content (AvgIpc) is 3.57. The van der Waals surface area contributed by atoms with Gasteiger partial charge in [-0.25, -0.2) is 9.36 Å². The van der Waals surface area contributed by atoms with E-state index in [4.69, 9.17) is 13.8 Å². The van der Waals surface area contributed by atoms with Gasteiger partial charge in [-0.3, -0.25) is 9.59 Å². The van der Waals surface area contributed by atoms with Gasteiger partial charge in [-0.05, 0) is 92.3 Å². The molecule has 0 radical (unpaired) electrons. The third kappa shape index (κ3) is 9.95. The quantitative estimate of drug-likeness (QED) is 0.133. The Morgan fingerprint density at radius 2 is 1.40 bits per heavy atom. The molecule has 1 aliphatic rings. The molecule has 3 unspecified atom stereocenters. The lowest BCUT2D eigenvalue weighted by molar-refractivity contribution is -0.139.